The lowest BCUT2D eigenvalue weighted by Gasteiger charge is -2.25. The minimum atomic E-state index is -0.474. The number of allylic oxidation sites excluding steroid dienone is 1. The van der Waals surface area contributed by atoms with Crippen LogP contribution in [0.15, 0.2) is 42.9 Å². The first-order chi connectivity index (χ1) is 17.5. The van der Waals surface area contributed by atoms with Crippen LogP contribution in [0.4, 0.5) is 11.6 Å². The number of rotatable bonds is 14. The maximum Gasteiger partial charge on any atom is 0.185 e. The van der Waals surface area contributed by atoms with Crippen LogP contribution >= 0.6 is 0 Å². The maximum absolute atomic E-state index is 7.91. The van der Waals surface area contributed by atoms with Crippen molar-refractivity contribution in [1.29, 1.82) is 5.41 Å². The van der Waals surface area contributed by atoms with Crippen molar-refractivity contribution in [2.75, 3.05) is 32.2 Å². The number of anilines is 2. The summed E-state index contributed by atoms with van der Waals surface area (Å²) in [7, 11) is 1.62. The topological polar surface area (TPSA) is 127 Å². The van der Waals surface area contributed by atoms with E-state index in [1.807, 2.05) is 38.1 Å². The van der Waals surface area contributed by atoms with Gasteiger partial charge in [-0.15, -0.1) is 5.10 Å². The van der Waals surface area contributed by atoms with Crippen molar-refractivity contribution in [3.8, 4) is 0 Å². The van der Waals surface area contributed by atoms with E-state index in [2.05, 4.69) is 39.7 Å². The third-order valence-electron chi connectivity index (χ3n) is 5.47. The lowest BCUT2D eigenvalue weighted by atomic mass is 10.1. The van der Waals surface area contributed by atoms with Gasteiger partial charge in [-0.3, -0.25) is 4.98 Å². The second-order valence-electron chi connectivity index (χ2n) is 8.32. The van der Waals surface area contributed by atoms with Gasteiger partial charge in [0.15, 0.2) is 12.1 Å². The summed E-state index contributed by atoms with van der Waals surface area (Å²) in [6.07, 6.45) is 5.74. The summed E-state index contributed by atoms with van der Waals surface area (Å²) >= 11 is 0. The number of ether oxygens (including phenoxy) is 3. The SMILES string of the molecule is CCOC(OCC)C(CN/C=C(\C=N)c1cnc2ccc(Nc3cc(C(C)C)cnn3)nc2c1)OC. The number of hydrogen-bond donors (Lipinski definition) is 3. The van der Waals surface area contributed by atoms with E-state index in [1.54, 1.807) is 25.7 Å². The number of hydrogen-bond acceptors (Lipinski definition) is 10. The average molecular weight is 494 g/mol. The van der Waals surface area contributed by atoms with Gasteiger partial charge in [0.05, 0.1) is 17.2 Å². The summed E-state index contributed by atoms with van der Waals surface area (Å²) in [5, 5.41) is 22.6. The Morgan fingerprint density at radius 3 is 2.50 bits per heavy atom. The monoisotopic (exact) mass is 493 g/mol. The first kappa shape index (κ1) is 27.1. The highest BCUT2D eigenvalue weighted by Gasteiger charge is 2.21. The van der Waals surface area contributed by atoms with Crippen molar-refractivity contribution in [1.82, 2.24) is 25.5 Å². The largest absolute Gasteiger partial charge is 0.388 e. The van der Waals surface area contributed by atoms with E-state index < -0.39 is 6.29 Å². The van der Waals surface area contributed by atoms with E-state index in [4.69, 9.17) is 24.6 Å². The number of methoxy groups -OCH3 is 1. The lowest BCUT2D eigenvalue weighted by molar-refractivity contribution is -0.194. The number of pyridine rings is 2. The molecular formula is C26H35N7O3. The Balaban J connectivity index is 1.76. The normalized spacial score (nSPS) is 12.8. The molecule has 0 aromatic carbocycles. The second-order valence-corrected chi connectivity index (χ2v) is 8.32. The molecule has 10 nitrogen and oxygen atoms in total. The molecule has 0 fully saturated rings. The smallest absolute Gasteiger partial charge is 0.185 e. The minimum Gasteiger partial charge on any atom is -0.388 e. The predicted octanol–water partition coefficient (Wildman–Crippen LogP) is 4.28. The molecule has 3 rings (SSSR count). The average Bonchev–Trinajstić information content (AvgIpc) is 2.88. The van der Waals surface area contributed by atoms with Crippen LogP contribution in [0.25, 0.3) is 16.6 Å². The molecule has 0 amide bonds. The van der Waals surface area contributed by atoms with E-state index in [0.29, 0.717) is 48.4 Å². The summed E-state index contributed by atoms with van der Waals surface area (Å²) < 4.78 is 16.8. The van der Waals surface area contributed by atoms with E-state index in [9.17, 15) is 0 Å². The zero-order valence-corrected chi connectivity index (χ0v) is 21.5. The van der Waals surface area contributed by atoms with E-state index in [-0.39, 0.29) is 6.10 Å². The summed E-state index contributed by atoms with van der Waals surface area (Å²) in [5.41, 5.74) is 3.95. The molecule has 36 heavy (non-hydrogen) atoms. The fourth-order valence-corrected chi connectivity index (χ4v) is 3.50. The molecule has 3 aromatic rings. The van der Waals surface area contributed by atoms with Crippen LogP contribution in [0.3, 0.4) is 0 Å². The fraction of sp³-hybridized carbons (Fsp3) is 0.423. The molecule has 1 unspecified atom stereocenters. The summed E-state index contributed by atoms with van der Waals surface area (Å²) in [6.45, 7) is 9.54. The molecule has 3 heterocycles. The van der Waals surface area contributed by atoms with Crippen molar-refractivity contribution in [3.05, 3.63) is 54.0 Å². The van der Waals surface area contributed by atoms with Crippen LogP contribution in [0, 0.1) is 5.41 Å². The maximum atomic E-state index is 7.91. The van der Waals surface area contributed by atoms with Crippen LogP contribution < -0.4 is 10.6 Å². The molecule has 192 valence electrons. The van der Waals surface area contributed by atoms with Gasteiger partial charge in [-0.2, -0.15) is 5.10 Å². The van der Waals surface area contributed by atoms with Gasteiger partial charge >= 0.3 is 0 Å². The van der Waals surface area contributed by atoms with Crippen LogP contribution in [-0.4, -0.2) is 65.6 Å². The second kappa shape index (κ2) is 13.6. The third-order valence-corrected chi connectivity index (χ3v) is 5.47. The van der Waals surface area contributed by atoms with Gasteiger partial charge in [0.25, 0.3) is 0 Å². The van der Waals surface area contributed by atoms with Gasteiger partial charge in [-0.1, -0.05) is 13.8 Å². The van der Waals surface area contributed by atoms with E-state index in [0.717, 1.165) is 16.6 Å². The van der Waals surface area contributed by atoms with Crippen LogP contribution in [0.2, 0.25) is 0 Å². The quantitative estimate of drug-likeness (QED) is 0.223. The standard InChI is InChI=1S/C26H35N7O3/c1-6-35-26(36-7-2)23(34-5)16-28-13-20(12-27)19-10-22-21(29-14-19)8-9-24(31-22)32-25-11-18(17(3)4)15-30-33-25/h8-15,17,23,26-28H,6-7,16H2,1-5H3,(H,31,32,33)/b20-13+,27-12?. The molecule has 0 saturated carbocycles. The number of aromatic nitrogens is 4. The van der Waals surface area contributed by atoms with Gasteiger partial charge in [0.1, 0.15) is 11.9 Å². The molecule has 0 bridgehead atoms. The molecular weight excluding hydrogens is 458 g/mol. The molecule has 3 aromatic heterocycles. The molecule has 0 aliphatic heterocycles. The highest BCUT2D eigenvalue weighted by atomic mass is 16.7. The molecule has 0 spiro atoms. The molecule has 0 aliphatic carbocycles. The van der Waals surface area contributed by atoms with Crippen LogP contribution in [-0.2, 0) is 14.2 Å². The Labute approximate surface area is 212 Å². The predicted molar refractivity (Wildman–Crippen MR) is 142 cm³/mol. The molecule has 0 saturated heterocycles. The zero-order valence-electron chi connectivity index (χ0n) is 21.5. The van der Waals surface area contributed by atoms with E-state index >= 15 is 0 Å². The minimum absolute atomic E-state index is 0.310. The summed E-state index contributed by atoms with van der Waals surface area (Å²) in [4.78, 5) is 9.21. The number of nitrogens with one attached hydrogen (secondary N) is 3. The highest BCUT2D eigenvalue weighted by Crippen LogP contribution is 2.21. The van der Waals surface area contributed by atoms with Crippen molar-refractivity contribution in [2.45, 2.75) is 46.0 Å². The van der Waals surface area contributed by atoms with Gasteiger partial charge in [-0.05, 0) is 49.6 Å². The van der Waals surface area contributed by atoms with Gasteiger partial charge in [-0.25, -0.2) is 4.98 Å². The summed E-state index contributed by atoms with van der Waals surface area (Å²) in [6, 6.07) is 7.62. The van der Waals surface area contributed by atoms with Crippen molar-refractivity contribution >= 4 is 34.5 Å². The Morgan fingerprint density at radius 1 is 1.06 bits per heavy atom. The van der Waals surface area contributed by atoms with Gasteiger partial charge in [0, 0.05) is 56.6 Å². The third kappa shape index (κ3) is 7.27. The molecule has 0 aliphatic rings. The molecule has 3 N–H and O–H groups in total. The lowest BCUT2D eigenvalue weighted by Crippen LogP contribution is -2.40. The van der Waals surface area contributed by atoms with Crippen LogP contribution in [0.5, 0.6) is 0 Å². The van der Waals surface area contributed by atoms with Gasteiger partial charge in [0.2, 0.25) is 0 Å². The molecule has 1 atom stereocenters. The Bertz CT molecular complexity index is 1160. The van der Waals surface area contributed by atoms with Crippen molar-refractivity contribution < 1.29 is 14.2 Å². The van der Waals surface area contributed by atoms with Crippen LogP contribution in [0.1, 0.15) is 44.7 Å². The highest BCUT2D eigenvalue weighted by molar-refractivity contribution is 6.08. The fourth-order valence-electron chi connectivity index (χ4n) is 3.50. The molecule has 10 heteroatoms. The zero-order chi connectivity index (χ0) is 25.9. The Kier molecular flexibility index (Phi) is 10.2. The van der Waals surface area contributed by atoms with Crippen molar-refractivity contribution in [2.24, 2.45) is 0 Å². The Hall–Kier alpha value is -3.47. The summed E-state index contributed by atoms with van der Waals surface area (Å²) in [5.74, 6) is 1.61. The molecule has 0 radical (unpaired) electrons. The number of fused-ring (bicyclic) bond motifs is 1. The first-order valence-electron chi connectivity index (χ1n) is 12.1. The van der Waals surface area contributed by atoms with Gasteiger partial charge < -0.3 is 30.3 Å². The van der Waals surface area contributed by atoms with Crippen molar-refractivity contribution in [3.63, 3.8) is 0 Å². The number of nitrogens with zero attached hydrogens (tertiary/aromatic N) is 4. The Morgan fingerprint density at radius 2 is 1.83 bits per heavy atom. The first-order valence-corrected chi connectivity index (χ1v) is 12.1. The van der Waals surface area contributed by atoms with E-state index in [1.165, 1.54) is 6.21 Å².